The van der Waals surface area contributed by atoms with Gasteiger partial charge in [0.1, 0.15) is 13.2 Å². The number of carbonyl (C=O) groups is 3. The van der Waals surface area contributed by atoms with Crippen molar-refractivity contribution in [1.29, 1.82) is 0 Å². The van der Waals surface area contributed by atoms with Crippen LogP contribution < -0.4 is 4.90 Å². The van der Waals surface area contributed by atoms with Gasteiger partial charge in [-0.1, -0.05) is 11.3 Å². The molecular weight excluding hydrogens is 284 g/mol. The van der Waals surface area contributed by atoms with Gasteiger partial charge >= 0.3 is 5.97 Å². The smallest absolute Gasteiger partial charge is 0.335 e. The maximum absolute atomic E-state index is 11.7. The Hall–Kier alpha value is -2.32. The molecule has 0 radical (unpaired) electrons. The van der Waals surface area contributed by atoms with E-state index in [1.807, 2.05) is 0 Å². The van der Waals surface area contributed by atoms with E-state index in [2.05, 4.69) is 4.98 Å². The number of carbonyl (C=O) groups excluding carboxylic acids is 2. The monoisotopic (exact) mass is 292 g/mol. The number of hydrogen-bond acceptors (Lipinski definition) is 6. The first-order valence-corrected chi connectivity index (χ1v) is 6.45. The van der Waals surface area contributed by atoms with Gasteiger partial charge in [-0.25, -0.2) is 14.7 Å². The summed E-state index contributed by atoms with van der Waals surface area (Å²) in [6.07, 6.45) is 0. The van der Waals surface area contributed by atoms with E-state index in [0.29, 0.717) is 10.2 Å². The summed E-state index contributed by atoms with van der Waals surface area (Å²) in [5.74, 6) is -1.99. The minimum absolute atomic E-state index is 0.132. The van der Waals surface area contributed by atoms with Crippen molar-refractivity contribution >= 4 is 44.5 Å². The number of aromatic carboxylic acids is 1. The number of nitrogens with zero attached hydrogens (tertiary/aromatic N) is 2. The van der Waals surface area contributed by atoms with Gasteiger partial charge in [0.15, 0.2) is 5.13 Å². The number of imide groups is 1. The summed E-state index contributed by atoms with van der Waals surface area (Å²) in [6.45, 7) is -0.329. The Morgan fingerprint density at radius 2 is 2.00 bits per heavy atom. The Balaban J connectivity index is 2.06. The van der Waals surface area contributed by atoms with Gasteiger partial charge in [0.05, 0.1) is 15.8 Å². The van der Waals surface area contributed by atoms with Crippen LogP contribution in [0.5, 0.6) is 0 Å². The van der Waals surface area contributed by atoms with Gasteiger partial charge in [0, 0.05) is 0 Å². The molecule has 7 nitrogen and oxygen atoms in total. The predicted octanol–water partition coefficient (Wildman–Crippen LogP) is 0.884. The van der Waals surface area contributed by atoms with Crippen LogP contribution in [0, 0.1) is 0 Å². The van der Waals surface area contributed by atoms with Gasteiger partial charge in [-0.2, -0.15) is 0 Å². The molecule has 1 saturated heterocycles. The van der Waals surface area contributed by atoms with Gasteiger partial charge in [-0.15, -0.1) is 0 Å². The van der Waals surface area contributed by atoms with E-state index >= 15 is 0 Å². The van der Waals surface area contributed by atoms with Crippen molar-refractivity contribution in [3.63, 3.8) is 0 Å². The molecule has 0 aliphatic carbocycles. The molecule has 1 aliphatic heterocycles. The summed E-state index contributed by atoms with van der Waals surface area (Å²) in [5, 5.41) is 9.17. The summed E-state index contributed by atoms with van der Waals surface area (Å²) in [5.41, 5.74) is 0.675. The average Bonchev–Trinajstić information content (AvgIpc) is 2.80. The predicted molar refractivity (Wildman–Crippen MR) is 69.9 cm³/mol. The Morgan fingerprint density at radius 3 is 2.65 bits per heavy atom. The first kappa shape index (κ1) is 12.7. The van der Waals surface area contributed by atoms with E-state index in [9.17, 15) is 14.4 Å². The van der Waals surface area contributed by atoms with Gasteiger partial charge in [0.2, 0.25) is 0 Å². The molecule has 0 saturated carbocycles. The molecule has 0 atom stereocenters. The Bertz CT molecular complexity index is 723. The fraction of sp³-hybridized carbons (Fsp3) is 0.167. The Morgan fingerprint density at radius 1 is 1.30 bits per heavy atom. The molecule has 1 aromatic carbocycles. The highest BCUT2D eigenvalue weighted by Crippen LogP contribution is 2.30. The molecule has 102 valence electrons. The fourth-order valence-electron chi connectivity index (χ4n) is 1.85. The molecule has 2 aromatic rings. The third-order valence-corrected chi connectivity index (χ3v) is 3.77. The summed E-state index contributed by atoms with van der Waals surface area (Å²) in [4.78, 5) is 39.5. The lowest BCUT2D eigenvalue weighted by atomic mass is 10.2. The number of benzene rings is 1. The lowest BCUT2D eigenvalue weighted by molar-refractivity contribution is -0.138. The lowest BCUT2D eigenvalue weighted by Crippen LogP contribution is -2.46. The van der Waals surface area contributed by atoms with Crippen LogP contribution in [0.4, 0.5) is 5.13 Å². The number of hydrogen-bond donors (Lipinski definition) is 1. The third kappa shape index (κ3) is 2.04. The molecule has 2 amide bonds. The standard InChI is InChI=1S/C12H8N2O5S/c15-9-4-19-5-10(16)14(9)12-13-7-2-1-6(11(17)18)3-8(7)20-12/h1-3H,4-5H2,(H,17,18). The molecule has 2 heterocycles. The summed E-state index contributed by atoms with van der Waals surface area (Å²) in [6, 6.07) is 4.44. The molecule has 1 N–H and O–H groups in total. The van der Waals surface area contributed by atoms with Crippen LogP contribution in [0.3, 0.4) is 0 Å². The van der Waals surface area contributed by atoms with E-state index in [-0.39, 0.29) is 23.9 Å². The van der Waals surface area contributed by atoms with Crippen molar-refractivity contribution in [3.05, 3.63) is 23.8 Å². The highest BCUT2D eigenvalue weighted by Gasteiger charge is 2.30. The maximum Gasteiger partial charge on any atom is 0.335 e. The number of anilines is 1. The van der Waals surface area contributed by atoms with Gasteiger partial charge in [-0.3, -0.25) is 9.59 Å². The Kier molecular flexibility index (Phi) is 2.96. The average molecular weight is 292 g/mol. The number of aromatic nitrogens is 1. The number of thiazole rings is 1. The van der Waals surface area contributed by atoms with E-state index in [1.165, 1.54) is 12.1 Å². The maximum atomic E-state index is 11.7. The van der Waals surface area contributed by atoms with Crippen molar-refractivity contribution in [3.8, 4) is 0 Å². The second-order valence-corrected chi connectivity index (χ2v) is 5.11. The number of rotatable bonds is 2. The van der Waals surface area contributed by atoms with Crippen LogP contribution in [-0.4, -0.2) is 41.1 Å². The molecule has 0 unspecified atom stereocenters. The topological polar surface area (TPSA) is 96.8 Å². The lowest BCUT2D eigenvalue weighted by Gasteiger charge is -2.21. The van der Waals surface area contributed by atoms with E-state index in [1.54, 1.807) is 6.07 Å². The molecule has 20 heavy (non-hydrogen) atoms. The zero-order valence-corrected chi connectivity index (χ0v) is 10.8. The van der Waals surface area contributed by atoms with Crippen molar-refractivity contribution in [2.75, 3.05) is 18.1 Å². The number of amides is 2. The van der Waals surface area contributed by atoms with Crippen molar-refractivity contribution in [2.24, 2.45) is 0 Å². The Labute approximate surface area is 116 Å². The van der Waals surface area contributed by atoms with Crippen LogP contribution in [0.15, 0.2) is 18.2 Å². The van der Waals surface area contributed by atoms with Crippen LogP contribution >= 0.6 is 11.3 Å². The number of ether oxygens (including phenoxy) is 1. The molecular formula is C12H8N2O5S. The van der Waals surface area contributed by atoms with Crippen LogP contribution in [0.25, 0.3) is 10.2 Å². The minimum atomic E-state index is -1.04. The first-order chi connectivity index (χ1) is 9.56. The van der Waals surface area contributed by atoms with Crippen LogP contribution in [-0.2, 0) is 14.3 Å². The summed E-state index contributed by atoms with van der Waals surface area (Å²) < 4.78 is 5.43. The van der Waals surface area contributed by atoms with Crippen molar-refractivity contribution < 1.29 is 24.2 Å². The van der Waals surface area contributed by atoms with E-state index < -0.39 is 17.8 Å². The molecule has 3 rings (SSSR count). The first-order valence-electron chi connectivity index (χ1n) is 5.63. The van der Waals surface area contributed by atoms with Crippen LogP contribution in [0.1, 0.15) is 10.4 Å². The van der Waals surface area contributed by atoms with Gasteiger partial charge in [0.25, 0.3) is 11.8 Å². The fourth-order valence-corrected chi connectivity index (χ4v) is 2.89. The third-order valence-electron chi connectivity index (χ3n) is 2.77. The molecule has 0 bridgehead atoms. The van der Waals surface area contributed by atoms with E-state index in [0.717, 1.165) is 16.2 Å². The highest BCUT2D eigenvalue weighted by molar-refractivity contribution is 7.22. The number of carboxylic acid groups (broad SMARTS) is 1. The summed E-state index contributed by atoms with van der Waals surface area (Å²) >= 11 is 1.10. The SMILES string of the molecule is O=C(O)c1ccc2nc(N3C(=O)COCC3=O)sc2c1. The van der Waals surface area contributed by atoms with Gasteiger partial charge < -0.3 is 9.84 Å². The molecule has 0 spiro atoms. The molecule has 1 fully saturated rings. The number of morpholine rings is 1. The zero-order valence-electron chi connectivity index (χ0n) is 10.0. The van der Waals surface area contributed by atoms with Gasteiger partial charge in [-0.05, 0) is 18.2 Å². The number of carboxylic acids is 1. The molecule has 1 aromatic heterocycles. The quantitative estimate of drug-likeness (QED) is 0.825. The largest absolute Gasteiger partial charge is 0.478 e. The van der Waals surface area contributed by atoms with Crippen LogP contribution in [0.2, 0.25) is 0 Å². The normalized spacial score (nSPS) is 15.9. The highest BCUT2D eigenvalue weighted by atomic mass is 32.1. The van der Waals surface area contributed by atoms with Crippen molar-refractivity contribution in [1.82, 2.24) is 4.98 Å². The summed E-state index contributed by atoms with van der Waals surface area (Å²) in [7, 11) is 0. The molecule has 8 heteroatoms. The zero-order chi connectivity index (χ0) is 14.3. The second-order valence-electron chi connectivity index (χ2n) is 4.10. The second kappa shape index (κ2) is 4.66. The van der Waals surface area contributed by atoms with Crippen molar-refractivity contribution in [2.45, 2.75) is 0 Å². The van der Waals surface area contributed by atoms with E-state index in [4.69, 9.17) is 9.84 Å². The number of fused-ring (bicyclic) bond motifs is 1. The molecule has 1 aliphatic rings. The minimum Gasteiger partial charge on any atom is -0.478 e.